The van der Waals surface area contributed by atoms with Crippen molar-refractivity contribution >= 4 is 0 Å². The number of hydrogen-bond acceptors (Lipinski definition) is 0. The summed E-state index contributed by atoms with van der Waals surface area (Å²) >= 11 is 0. The molecule has 0 saturated heterocycles. The molecule has 0 aromatic carbocycles. The van der Waals surface area contributed by atoms with Crippen LogP contribution in [0.2, 0.25) is 0 Å². The normalized spacial score (nSPS) is 15.3. The minimum atomic E-state index is -0.584. The predicted octanol–water partition coefficient (Wildman–Crippen LogP) is 3.56. The lowest BCUT2D eigenvalue weighted by molar-refractivity contribution is 0.253. The molecule has 0 aromatic rings. The van der Waals surface area contributed by atoms with Crippen LogP contribution in [-0.2, 0) is 0 Å². The van der Waals surface area contributed by atoms with Gasteiger partial charge in [-0.1, -0.05) is 27.7 Å². The van der Waals surface area contributed by atoms with Crippen molar-refractivity contribution in [3.05, 3.63) is 0 Å². The molecule has 0 saturated carbocycles. The van der Waals surface area contributed by atoms with Crippen LogP contribution in [0.4, 0.5) is 4.39 Å². The van der Waals surface area contributed by atoms with Crippen molar-refractivity contribution < 1.29 is 4.39 Å². The van der Waals surface area contributed by atoms with Crippen molar-refractivity contribution in [2.24, 2.45) is 5.41 Å². The average molecular weight is 146 g/mol. The average Bonchev–Trinajstić information content (AvgIpc) is 1.81. The van der Waals surface area contributed by atoms with Gasteiger partial charge in [-0.05, 0) is 24.7 Å². The van der Waals surface area contributed by atoms with Gasteiger partial charge in [0.15, 0.2) is 0 Å². The van der Waals surface area contributed by atoms with E-state index in [0.29, 0.717) is 11.8 Å². The number of halogens is 1. The summed E-state index contributed by atoms with van der Waals surface area (Å²) in [6, 6.07) is 0. The molecule has 0 fully saturated rings. The fraction of sp³-hybridized carbons (Fsp3) is 1.00. The third-order valence-corrected chi connectivity index (χ3v) is 1.65. The maximum Gasteiger partial charge on any atom is 0.0999 e. The Morgan fingerprint density at radius 3 is 2.10 bits per heavy atom. The van der Waals surface area contributed by atoms with Crippen LogP contribution >= 0.6 is 0 Å². The van der Waals surface area contributed by atoms with Crippen LogP contribution < -0.4 is 0 Å². The van der Waals surface area contributed by atoms with Gasteiger partial charge in [0.05, 0.1) is 6.17 Å². The third-order valence-electron chi connectivity index (χ3n) is 1.65. The maximum absolute atomic E-state index is 12.7. The summed E-state index contributed by atoms with van der Waals surface area (Å²) in [4.78, 5) is 0. The molecule has 0 spiro atoms. The smallest absolute Gasteiger partial charge is 0.0999 e. The van der Waals surface area contributed by atoms with E-state index in [-0.39, 0.29) is 0 Å². The van der Waals surface area contributed by atoms with Crippen molar-refractivity contribution in [2.45, 2.75) is 53.1 Å². The summed E-state index contributed by atoms with van der Waals surface area (Å²) in [5, 5.41) is 0. The van der Waals surface area contributed by atoms with Crippen LogP contribution in [-0.4, -0.2) is 6.17 Å². The maximum atomic E-state index is 12.7. The van der Waals surface area contributed by atoms with Crippen LogP contribution in [0.3, 0.4) is 0 Å². The summed E-state index contributed by atoms with van der Waals surface area (Å²) in [5.41, 5.74) is 0.291. The summed E-state index contributed by atoms with van der Waals surface area (Å²) in [7, 11) is 0. The highest BCUT2D eigenvalue weighted by molar-refractivity contribution is 4.64. The first kappa shape index (κ1) is 9.93. The van der Waals surface area contributed by atoms with Crippen LogP contribution in [0.25, 0.3) is 0 Å². The van der Waals surface area contributed by atoms with Gasteiger partial charge < -0.3 is 0 Å². The molecule has 0 rings (SSSR count). The minimum Gasteiger partial charge on any atom is -0.248 e. The highest BCUT2D eigenvalue weighted by Gasteiger charge is 2.12. The Hall–Kier alpha value is -0.0700. The standard InChI is InChI=1S/C9H19F/c1-5-8(10)6-7-9(2,3)4/h8H,5-7H2,1-4H3. The summed E-state index contributed by atoms with van der Waals surface area (Å²) in [6.45, 7) is 8.34. The minimum absolute atomic E-state index is 0.291. The fourth-order valence-electron chi connectivity index (χ4n) is 0.794. The Kier molecular flexibility index (Phi) is 3.92. The van der Waals surface area contributed by atoms with Gasteiger partial charge in [0, 0.05) is 0 Å². The van der Waals surface area contributed by atoms with E-state index in [4.69, 9.17) is 0 Å². The molecule has 0 nitrogen and oxygen atoms in total. The summed E-state index contributed by atoms with van der Waals surface area (Å²) < 4.78 is 12.7. The van der Waals surface area contributed by atoms with E-state index >= 15 is 0 Å². The van der Waals surface area contributed by atoms with Crippen molar-refractivity contribution in [3.8, 4) is 0 Å². The molecule has 0 heterocycles. The van der Waals surface area contributed by atoms with Gasteiger partial charge in [-0.25, -0.2) is 4.39 Å². The van der Waals surface area contributed by atoms with Gasteiger partial charge in [0.25, 0.3) is 0 Å². The fourth-order valence-corrected chi connectivity index (χ4v) is 0.794. The van der Waals surface area contributed by atoms with Gasteiger partial charge in [-0.15, -0.1) is 0 Å². The second-order valence-electron chi connectivity index (χ2n) is 4.10. The van der Waals surface area contributed by atoms with E-state index < -0.39 is 6.17 Å². The Bertz CT molecular complexity index is 81.2. The van der Waals surface area contributed by atoms with Gasteiger partial charge in [0.2, 0.25) is 0 Å². The largest absolute Gasteiger partial charge is 0.248 e. The van der Waals surface area contributed by atoms with Gasteiger partial charge in [-0.3, -0.25) is 0 Å². The molecule has 1 atom stereocenters. The molecule has 10 heavy (non-hydrogen) atoms. The Morgan fingerprint density at radius 2 is 1.80 bits per heavy atom. The quantitative estimate of drug-likeness (QED) is 0.571. The van der Waals surface area contributed by atoms with E-state index in [9.17, 15) is 4.39 Å². The molecule has 1 heteroatoms. The number of hydrogen-bond donors (Lipinski definition) is 0. The van der Waals surface area contributed by atoms with E-state index in [2.05, 4.69) is 20.8 Å². The molecule has 62 valence electrons. The zero-order chi connectivity index (χ0) is 8.20. The molecular formula is C9H19F. The van der Waals surface area contributed by atoms with E-state index in [0.717, 1.165) is 12.8 Å². The molecule has 0 aromatic heterocycles. The van der Waals surface area contributed by atoms with Crippen LogP contribution in [0.5, 0.6) is 0 Å². The first-order valence-corrected chi connectivity index (χ1v) is 4.10. The topological polar surface area (TPSA) is 0 Å². The van der Waals surface area contributed by atoms with Crippen LogP contribution in [0.15, 0.2) is 0 Å². The molecule has 0 radical (unpaired) electrons. The first-order chi connectivity index (χ1) is 4.45. The second-order valence-corrected chi connectivity index (χ2v) is 4.10. The Labute approximate surface area is 63.8 Å². The molecule has 0 aliphatic rings. The predicted molar refractivity (Wildman–Crippen MR) is 43.9 cm³/mol. The number of rotatable bonds is 3. The molecule has 0 bridgehead atoms. The summed E-state index contributed by atoms with van der Waals surface area (Å²) in [5.74, 6) is 0. The highest BCUT2D eigenvalue weighted by Crippen LogP contribution is 2.23. The van der Waals surface area contributed by atoms with Crippen LogP contribution in [0, 0.1) is 5.41 Å². The number of alkyl halides is 1. The Balaban J connectivity index is 3.36. The zero-order valence-corrected chi connectivity index (χ0v) is 7.58. The lowest BCUT2D eigenvalue weighted by Crippen LogP contribution is -2.08. The summed E-state index contributed by atoms with van der Waals surface area (Å²) in [6.07, 6.45) is 1.79. The van der Waals surface area contributed by atoms with Gasteiger partial charge in [0.1, 0.15) is 0 Å². The second kappa shape index (κ2) is 3.95. The molecule has 1 unspecified atom stereocenters. The van der Waals surface area contributed by atoms with Crippen molar-refractivity contribution in [1.29, 1.82) is 0 Å². The lowest BCUT2D eigenvalue weighted by atomic mass is 9.89. The molecule has 0 aliphatic carbocycles. The molecule has 0 N–H and O–H groups in total. The molecular weight excluding hydrogens is 127 g/mol. The van der Waals surface area contributed by atoms with E-state index in [1.165, 1.54) is 0 Å². The van der Waals surface area contributed by atoms with Gasteiger partial charge >= 0.3 is 0 Å². The molecule has 0 amide bonds. The highest BCUT2D eigenvalue weighted by atomic mass is 19.1. The molecule has 0 aliphatic heterocycles. The Morgan fingerprint density at radius 1 is 1.30 bits per heavy atom. The van der Waals surface area contributed by atoms with Crippen LogP contribution in [0.1, 0.15) is 47.0 Å². The van der Waals surface area contributed by atoms with Gasteiger partial charge in [-0.2, -0.15) is 0 Å². The van der Waals surface area contributed by atoms with Crippen molar-refractivity contribution in [3.63, 3.8) is 0 Å². The zero-order valence-electron chi connectivity index (χ0n) is 7.58. The van der Waals surface area contributed by atoms with Crippen molar-refractivity contribution in [1.82, 2.24) is 0 Å². The van der Waals surface area contributed by atoms with Crippen molar-refractivity contribution in [2.75, 3.05) is 0 Å². The van der Waals surface area contributed by atoms with E-state index in [1.54, 1.807) is 0 Å². The SMILES string of the molecule is CCC(F)CCC(C)(C)C. The lowest BCUT2D eigenvalue weighted by Gasteiger charge is -2.18. The first-order valence-electron chi connectivity index (χ1n) is 4.10. The monoisotopic (exact) mass is 146 g/mol. The third kappa shape index (κ3) is 6.06. The van der Waals surface area contributed by atoms with E-state index in [1.807, 2.05) is 6.92 Å².